The van der Waals surface area contributed by atoms with Gasteiger partial charge in [-0.05, 0) is 29.3 Å². The van der Waals surface area contributed by atoms with Crippen LogP contribution in [-0.2, 0) is 17.8 Å². The Bertz CT molecular complexity index is 1370. The van der Waals surface area contributed by atoms with Crippen molar-refractivity contribution in [2.75, 3.05) is 13.7 Å². The zero-order valence-electron chi connectivity index (χ0n) is 18.9. The van der Waals surface area contributed by atoms with E-state index in [2.05, 4.69) is 15.0 Å². The van der Waals surface area contributed by atoms with E-state index in [1.165, 1.54) is 6.33 Å². The summed E-state index contributed by atoms with van der Waals surface area (Å²) in [5.74, 6) is -2.17. The molecule has 0 spiro atoms. The molecule has 0 atom stereocenters. The third-order valence-electron chi connectivity index (χ3n) is 5.51. The molecule has 1 aliphatic rings. The lowest BCUT2D eigenvalue weighted by molar-refractivity contribution is -0.192. The van der Waals surface area contributed by atoms with Gasteiger partial charge in [0.2, 0.25) is 0 Å². The molecule has 0 bridgehead atoms. The Morgan fingerprint density at radius 2 is 1.89 bits per heavy atom. The van der Waals surface area contributed by atoms with Crippen LogP contribution in [-0.4, -0.2) is 61.1 Å². The maximum absolute atomic E-state index is 13.1. The van der Waals surface area contributed by atoms with Crippen molar-refractivity contribution in [3.63, 3.8) is 0 Å². The summed E-state index contributed by atoms with van der Waals surface area (Å²) in [6.07, 6.45) is 4.61. The van der Waals surface area contributed by atoms with Crippen molar-refractivity contribution in [2.24, 2.45) is 0 Å². The number of imidazole rings is 1. The van der Waals surface area contributed by atoms with Gasteiger partial charge >= 0.3 is 12.1 Å². The van der Waals surface area contributed by atoms with Crippen LogP contribution < -0.4 is 4.74 Å². The van der Waals surface area contributed by atoms with Crippen molar-refractivity contribution < 1.29 is 32.6 Å². The highest BCUT2D eigenvalue weighted by molar-refractivity contribution is 6.03. The smallest absolute Gasteiger partial charge is 0.490 e. The second-order valence-electron chi connectivity index (χ2n) is 7.77. The van der Waals surface area contributed by atoms with E-state index >= 15 is 0 Å². The standard InChI is InChI=1S/C22H19N5O2.C2HF3O2/c1-29-19-6-5-17(15-10-23-14-24-11-15)18-13-27(22(28)21(18)19)9-7-16-12-26-8-3-2-4-20(26)25-16;3-2(4,5)1(6)7/h2-6,8,10-12,14H,7,9,13H2,1H3;(H,6,7). The van der Waals surface area contributed by atoms with Crippen LogP contribution in [0.15, 0.2) is 61.4 Å². The fourth-order valence-electron chi connectivity index (χ4n) is 3.86. The van der Waals surface area contributed by atoms with Crippen molar-refractivity contribution >= 4 is 17.5 Å². The molecule has 9 nitrogen and oxygen atoms in total. The van der Waals surface area contributed by atoms with E-state index in [1.807, 2.05) is 52.0 Å². The normalized spacial score (nSPS) is 12.8. The van der Waals surface area contributed by atoms with Gasteiger partial charge < -0.3 is 19.1 Å². The first kappa shape index (κ1) is 24.6. The Labute approximate surface area is 202 Å². The van der Waals surface area contributed by atoms with E-state index in [0.717, 1.165) is 28.0 Å². The predicted molar refractivity (Wildman–Crippen MR) is 121 cm³/mol. The molecule has 0 saturated heterocycles. The number of fused-ring (bicyclic) bond motifs is 2. The Hall–Kier alpha value is -4.48. The van der Waals surface area contributed by atoms with Crippen molar-refractivity contribution in [3.8, 4) is 16.9 Å². The first-order chi connectivity index (χ1) is 17.2. The number of benzene rings is 1. The summed E-state index contributed by atoms with van der Waals surface area (Å²) in [5, 5.41) is 7.12. The van der Waals surface area contributed by atoms with Crippen LogP contribution in [0.3, 0.4) is 0 Å². The summed E-state index contributed by atoms with van der Waals surface area (Å²) in [5.41, 5.74) is 5.31. The SMILES string of the molecule is COc1ccc(-c2cncnc2)c2c1C(=O)N(CCc1cn3ccccc3n1)C2.O=C(O)C(F)(F)F. The number of hydrogen-bond donors (Lipinski definition) is 1. The third kappa shape index (κ3) is 5.11. The van der Waals surface area contributed by atoms with E-state index in [4.69, 9.17) is 14.6 Å². The minimum atomic E-state index is -5.08. The Balaban J connectivity index is 0.000000384. The van der Waals surface area contributed by atoms with E-state index < -0.39 is 12.1 Å². The highest BCUT2D eigenvalue weighted by atomic mass is 19.4. The summed E-state index contributed by atoms with van der Waals surface area (Å²) < 4.78 is 39.2. The van der Waals surface area contributed by atoms with Gasteiger partial charge in [-0.15, -0.1) is 0 Å². The summed E-state index contributed by atoms with van der Waals surface area (Å²) in [4.78, 5) is 36.7. The van der Waals surface area contributed by atoms with E-state index in [-0.39, 0.29) is 5.91 Å². The number of carboxylic acid groups (broad SMARTS) is 1. The Morgan fingerprint density at radius 3 is 2.53 bits per heavy atom. The van der Waals surface area contributed by atoms with Crippen molar-refractivity contribution in [1.82, 2.24) is 24.3 Å². The van der Waals surface area contributed by atoms with Crippen molar-refractivity contribution in [1.29, 1.82) is 0 Å². The van der Waals surface area contributed by atoms with Gasteiger partial charge in [-0.2, -0.15) is 13.2 Å². The van der Waals surface area contributed by atoms with Gasteiger partial charge in [0.05, 0.1) is 18.4 Å². The lowest BCUT2D eigenvalue weighted by Crippen LogP contribution is -2.26. The number of rotatable bonds is 5. The van der Waals surface area contributed by atoms with Gasteiger partial charge in [-0.25, -0.2) is 19.7 Å². The number of carboxylic acids is 1. The highest BCUT2D eigenvalue weighted by Gasteiger charge is 2.38. The zero-order chi connectivity index (χ0) is 25.9. The Kier molecular flexibility index (Phi) is 6.86. The fourth-order valence-corrected chi connectivity index (χ4v) is 3.86. The van der Waals surface area contributed by atoms with Crippen LogP contribution in [0.25, 0.3) is 16.8 Å². The number of methoxy groups -OCH3 is 1. The summed E-state index contributed by atoms with van der Waals surface area (Å²) in [6, 6.07) is 9.72. The number of ether oxygens (including phenoxy) is 1. The summed E-state index contributed by atoms with van der Waals surface area (Å²) >= 11 is 0. The number of carbonyl (C=O) groups is 2. The molecule has 0 fully saturated rings. The number of nitrogens with zero attached hydrogens (tertiary/aromatic N) is 5. The largest absolute Gasteiger partial charge is 0.496 e. The topological polar surface area (TPSA) is 110 Å². The zero-order valence-corrected chi connectivity index (χ0v) is 18.9. The van der Waals surface area contributed by atoms with Gasteiger partial charge in [-0.1, -0.05) is 12.1 Å². The molecule has 3 aromatic heterocycles. The predicted octanol–water partition coefficient (Wildman–Crippen LogP) is 3.63. The van der Waals surface area contributed by atoms with Crippen LogP contribution in [0, 0.1) is 0 Å². The molecule has 5 rings (SSSR count). The highest BCUT2D eigenvalue weighted by Crippen LogP contribution is 2.37. The molecule has 1 aliphatic heterocycles. The van der Waals surface area contributed by atoms with Gasteiger partial charge in [-0.3, -0.25) is 4.79 Å². The minimum Gasteiger partial charge on any atom is -0.496 e. The molecule has 1 amide bonds. The average molecular weight is 499 g/mol. The molecule has 0 saturated carbocycles. The number of hydrogen-bond acceptors (Lipinski definition) is 6. The number of halogens is 3. The number of aromatic nitrogens is 4. The maximum atomic E-state index is 13.1. The lowest BCUT2D eigenvalue weighted by atomic mass is 9.98. The Morgan fingerprint density at radius 1 is 1.17 bits per heavy atom. The number of carbonyl (C=O) groups excluding carboxylic acids is 1. The first-order valence-electron chi connectivity index (χ1n) is 10.7. The van der Waals surface area contributed by atoms with Crippen molar-refractivity contribution in [2.45, 2.75) is 19.1 Å². The maximum Gasteiger partial charge on any atom is 0.490 e. The number of pyridine rings is 1. The molecule has 0 radical (unpaired) electrons. The fraction of sp³-hybridized carbons (Fsp3) is 0.208. The molecule has 12 heteroatoms. The van der Waals surface area contributed by atoms with Gasteiger partial charge in [0.15, 0.2) is 0 Å². The molecular weight excluding hydrogens is 479 g/mol. The second-order valence-corrected chi connectivity index (χ2v) is 7.77. The second kappa shape index (κ2) is 10.0. The van der Waals surface area contributed by atoms with Crippen LogP contribution in [0.2, 0.25) is 0 Å². The molecule has 36 heavy (non-hydrogen) atoms. The lowest BCUT2D eigenvalue weighted by Gasteiger charge is -2.14. The molecule has 186 valence electrons. The molecule has 4 aromatic rings. The van der Waals surface area contributed by atoms with Crippen LogP contribution in [0.5, 0.6) is 5.75 Å². The third-order valence-corrected chi connectivity index (χ3v) is 5.51. The molecular formula is C24H20F3N5O4. The molecule has 0 aliphatic carbocycles. The number of aliphatic carboxylic acids is 1. The monoisotopic (exact) mass is 499 g/mol. The van der Waals surface area contributed by atoms with Gasteiger partial charge in [0.25, 0.3) is 5.91 Å². The molecule has 0 unspecified atom stereocenters. The molecule has 4 heterocycles. The average Bonchev–Trinajstić information content (AvgIpc) is 3.43. The quantitative estimate of drug-likeness (QED) is 0.447. The summed E-state index contributed by atoms with van der Waals surface area (Å²) in [7, 11) is 1.59. The van der Waals surface area contributed by atoms with E-state index in [1.54, 1.807) is 19.5 Å². The van der Waals surface area contributed by atoms with E-state index in [9.17, 15) is 18.0 Å². The van der Waals surface area contributed by atoms with Gasteiger partial charge in [0, 0.05) is 49.9 Å². The van der Waals surface area contributed by atoms with Crippen LogP contribution in [0.1, 0.15) is 21.6 Å². The van der Waals surface area contributed by atoms with Gasteiger partial charge in [0.1, 0.15) is 17.7 Å². The summed E-state index contributed by atoms with van der Waals surface area (Å²) in [6.45, 7) is 1.12. The minimum absolute atomic E-state index is 0.0145. The molecule has 1 N–H and O–H groups in total. The number of alkyl halides is 3. The van der Waals surface area contributed by atoms with Crippen LogP contribution >= 0.6 is 0 Å². The first-order valence-corrected chi connectivity index (χ1v) is 10.7. The van der Waals surface area contributed by atoms with Crippen molar-refractivity contribution in [3.05, 3.63) is 78.3 Å². The number of amides is 1. The van der Waals surface area contributed by atoms with Crippen LogP contribution in [0.4, 0.5) is 13.2 Å². The molecule has 1 aromatic carbocycles. The van der Waals surface area contributed by atoms with E-state index in [0.29, 0.717) is 30.8 Å².